The highest BCUT2D eigenvalue weighted by Crippen LogP contribution is 2.35. The number of benzene rings is 1. The lowest BCUT2D eigenvalue weighted by molar-refractivity contribution is -0.0959. The summed E-state index contributed by atoms with van der Waals surface area (Å²) in [5, 5.41) is 10.0. The van der Waals surface area contributed by atoms with Gasteiger partial charge in [-0.1, -0.05) is 25.5 Å². The first-order valence-electron chi connectivity index (χ1n) is 5.22. The molecule has 1 N–H and O–H groups in total. The van der Waals surface area contributed by atoms with Gasteiger partial charge in [-0.3, -0.25) is 4.79 Å². The fourth-order valence-corrected chi connectivity index (χ4v) is 1.76. The molecule has 0 saturated heterocycles. The molecule has 0 saturated carbocycles. The van der Waals surface area contributed by atoms with Gasteiger partial charge in [0, 0.05) is 6.42 Å². The minimum Gasteiger partial charge on any atom is -0.454 e. The van der Waals surface area contributed by atoms with Crippen molar-refractivity contribution < 1.29 is 14.6 Å². The molecule has 0 aromatic heterocycles. The van der Waals surface area contributed by atoms with E-state index < -0.39 is 5.79 Å². The van der Waals surface area contributed by atoms with Gasteiger partial charge in [-0.25, -0.2) is 0 Å². The van der Waals surface area contributed by atoms with Crippen LogP contribution < -0.4 is 4.74 Å². The molecule has 15 heavy (non-hydrogen) atoms. The Hall–Kier alpha value is -1.35. The minimum atomic E-state index is -1.63. The van der Waals surface area contributed by atoms with Crippen LogP contribution in [0.2, 0.25) is 0 Å². The molecule has 3 heteroatoms. The third-order valence-corrected chi connectivity index (χ3v) is 2.63. The maximum atomic E-state index is 11.8. The Morgan fingerprint density at radius 2 is 2.13 bits per heavy atom. The Kier molecular flexibility index (Phi) is 2.49. The zero-order valence-corrected chi connectivity index (χ0v) is 8.69. The van der Waals surface area contributed by atoms with Gasteiger partial charge in [0.1, 0.15) is 5.75 Å². The first kappa shape index (κ1) is 10.2. The largest absolute Gasteiger partial charge is 0.454 e. The summed E-state index contributed by atoms with van der Waals surface area (Å²) in [5.41, 5.74) is 0.483. The van der Waals surface area contributed by atoms with E-state index in [2.05, 4.69) is 0 Å². The highest BCUT2D eigenvalue weighted by molar-refractivity contribution is 6.06. The number of unbranched alkanes of at least 4 members (excludes halogenated alkanes) is 1. The predicted octanol–water partition coefficient (Wildman–Crippen LogP) is 2.14. The van der Waals surface area contributed by atoms with Crippen LogP contribution in [0.5, 0.6) is 5.75 Å². The molecule has 1 heterocycles. The quantitative estimate of drug-likeness (QED) is 0.824. The second-order valence-electron chi connectivity index (χ2n) is 3.82. The molecule has 1 aliphatic rings. The molecule has 1 atom stereocenters. The summed E-state index contributed by atoms with van der Waals surface area (Å²) in [6, 6.07) is 6.95. The molecule has 0 spiro atoms. The average Bonchev–Trinajstić information content (AvgIpc) is 2.50. The number of aliphatic hydroxyl groups is 1. The van der Waals surface area contributed by atoms with E-state index in [-0.39, 0.29) is 5.78 Å². The number of hydrogen-bond acceptors (Lipinski definition) is 3. The van der Waals surface area contributed by atoms with Gasteiger partial charge in [0.25, 0.3) is 5.79 Å². The number of fused-ring (bicyclic) bond motifs is 1. The van der Waals surface area contributed by atoms with Crippen LogP contribution in [-0.2, 0) is 0 Å². The summed E-state index contributed by atoms with van der Waals surface area (Å²) >= 11 is 0. The Labute approximate surface area is 88.7 Å². The second kappa shape index (κ2) is 3.66. The van der Waals surface area contributed by atoms with Crippen LogP contribution in [0.15, 0.2) is 24.3 Å². The number of rotatable bonds is 3. The minimum absolute atomic E-state index is 0.313. The molecular weight excluding hydrogens is 192 g/mol. The van der Waals surface area contributed by atoms with Crippen LogP contribution in [0.3, 0.4) is 0 Å². The number of ether oxygens (including phenoxy) is 1. The molecule has 1 aromatic carbocycles. The van der Waals surface area contributed by atoms with Gasteiger partial charge in [-0.2, -0.15) is 0 Å². The van der Waals surface area contributed by atoms with Crippen molar-refractivity contribution in [2.75, 3.05) is 0 Å². The van der Waals surface area contributed by atoms with Gasteiger partial charge < -0.3 is 9.84 Å². The summed E-state index contributed by atoms with van der Waals surface area (Å²) in [6.45, 7) is 2.01. The molecule has 0 amide bonds. The summed E-state index contributed by atoms with van der Waals surface area (Å²) in [5.74, 6) is -1.45. The van der Waals surface area contributed by atoms with Gasteiger partial charge >= 0.3 is 0 Å². The average molecular weight is 206 g/mol. The number of para-hydroxylation sites is 1. The molecule has 1 aliphatic heterocycles. The standard InChI is InChI=1S/C12H14O3/c1-2-3-8-12(14)11(13)9-6-4-5-7-10(9)15-12/h4-7,14H,2-3,8H2,1H3. The molecule has 80 valence electrons. The van der Waals surface area contributed by atoms with Crippen molar-refractivity contribution in [3.05, 3.63) is 29.8 Å². The maximum Gasteiger partial charge on any atom is 0.272 e. The molecule has 0 fully saturated rings. The molecule has 1 aromatic rings. The number of Topliss-reactive ketones (excluding diaryl/α,β-unsaturated/α-hetero) is 1. The number of hydrogen-bond donors (Lipinski definition) is 1. The van der Waals surface area contributed by atoms with E-state index >= 15 is 0 Å². The summed E-state index contributed by atoms with van der Waals surface area (Å²) < 4.78 is 5.31. The van der Waals surface area contributed by atoms with Crippen molar-refractivity contribution in [1.29, 1.82) is 0 Å². The lowest BCUT2D eigenvalue weighted by Gasteiger charge is -2.19. The lowest BCUT2D eigenvalue weighted by Crippen LogP contribution is -2.39. The van der Waals surface area contributed by atoms with Crippen molar-refractivity contribution >= 4 is 5.78 Å². The Bertz CT molecular complexity index is 386. The molecule has 0 bridgehead atoms. The SMILES string of the molecule is CCCCC1(O)Oc2ccccc2C1=O. The van der Waals surface area contributed by atoms with Gasteiger partial charge in [-0.05, 0) is 18.6 Å². The highest BCUT2D eigenvalue weighted by atomic mass is 16.6. The third kappa shape index (κ3) is 1.63. The van der Waals surface area contributed by atoms with Crippen LogP contribution in [0, 0.1) is 0 Å². The Morgan fingerprint density at radius 3 is 2.80 bits per heavy atom. The predicted molar refractivity (Wildman–Crippen MR) is 55.9 cm³/mol. The van der Waals surface area contributed by atoms with E-state index in [1.807, 2.05) is 6.92 Å². The van der Waals surface area contributed by atoms with E-state index in [4.69, 9.17) is 4.74 Å². The second-order valence-corrected chi connectivity index (χ2v) is 3.82. The summed E-state index contributed by atoms with van der Waals surface area (Å²) in [7, 11) is 0. The van der Waals surface area contributed by atoms with Crippen molar-refractivity contribution in [3.63, 3.8) is 0 Å². The van der Waals surface area contributed by atoms with Crippen LogP contribution >= 0.6 is 0 Å². The van der Waals surface area contributed by atoms with Gasteiger partial charge in [0.05, 0.1) is 5.56 Å². The Balaban J connectivity index is 2.26. The smallest absolute Gasteiger partial charge is 0.272 e. The highest BCUT2D eigenvalue weighted by Gasteiger charge is 2.45. The Morgan fingerprint density at radius 1 is 1.40 bits per heavy atom. The van der Waals surface area contributed by atoms with Crippen LogP contribution in [0.25, 0.3) is 0 Å². The fraction of sp³-hybridized carbons (Fsp3) is 0.417. The zero-order chi connectivity index (χ0) is 10.9. The molecule has 0 radical (unpaired) electrons. The van der Waals surface area contributed by atoms with Crippen molar-refractivity contribution in [2.45, 2.75) is 32.0 Å². The lowest BCUT2D eigenvalue weighted by atomic mass is 10.0. The van der Waals surface area contributed by atoms with Crippen LogP contribution in [0.1, 0.15) is 36.5 Å². The van der Waals surface area contributed by atoms with Crippen LogP contribution in [-0.4, -0.2) is 16.7 Å². The molecular formula is C12H14O3. The van der Waals surface area contributed by atoms with E-state index in [1.54, 1.807) is 24.3 Å². The van der Waals surface area contributed by atoms with E-state index in [9.17, 15) is 9.90 Å². The topological polar surface area (TPSA) is 46.5 Å². The normalized spacial score (nSPS) is 23.7. The monoisotopic (exact) mass is 206 g/mol. The molecule has 3 nitrogen and oxygen atoms in total. The third-order valence-electron chi connectivity index (χ3n) is 2.63. The van der Waals surface area contributed by atoms with Crippen molar-refractivity contribution in [3.8, 4) is 5.75 Å². The maximum absolute atomic E-state index is 11.8. The van der Waals surface area contributed by atoms with Gasteiger partial charge in [0.2, 0.25) is 5.78 Å². The van der Waals surface area contributed by atoms with E-state index in [0.717, 1.165) is 12.8 Å². The van der Waals surface area contributed by atoms with Crippen LogP contribution in [0.4, 0.5) is 0 Å². The molecule has 1 unspecified atom stereocenters. The summed E-state index contributed by atoms with van der Waals surface area (Å²) in [6.07, 6.45) is 2.06. The van der Waals surface area contributed by atoms with E-state index in [0.29, 0.717) is 17.7 Å². The molecule has 0 aliphatic carbocycles. The van der Waals surface area contributed by atoms with Gasteiger partial charge in [0.15, 0.2) is 0 Å². The van der Waals surface area contributed by atoms with Crippen molar-refractivity contribution in [2.24, 2.45) is 0 Å². The first-order chi connectivity index (χ1) is 7.17. The van der Waals surface area contributed by atoms with Crippen molar-refractivity contribution in [1.82, 2.24) is 0 Å². The fourth-order valence-electron chi connectivity index (χ4n) is 1.76. The zero-order valence-electron chi connectivity index (χ0n) is 8.69. The molecule has 2 rings (SSSR count). The number of carbonyl (C=O) groups is 1. The van der Waals surface area contributed by atoms with E-state index in [1.165, 1.54) is 0 Å². The van der Waals surface area contributed by atoms with Gasteiger partial charge in [-0.15, -0.1) is 0 Å². The summed E-state index contributed by atoms with van der Waals surface area (Å²) in [4.78, 5) is 11.8. The number of ketones is 1. The number of carbonyl (C=O) groups excluding carboxylic acids is 1. The first-order valence-corrected chi connectivity index (χ1v) is 5.22.